The monoisotopic (exact) mass is 204 g/mol. The van der Waals surface area contributed by atoms with E-state index in [0.29, 0.717) is 6.61 Å². The van der Waals surface area contributed by atoms with Gasteiger partial charge in [-0.3, -0.25) is 5.26 Å². The number of hydrogen-bond acceptors (Lipinski definition) is 3. The molecule has 1 N–H and O–H groups in total. The molecule has 0 heterocycles. The van der Waals surface area contributed by atoms with Crippen LogP contribution in [0.5, 0.6) is 0 Å². The highest BCUT2D eigenvalue weighted by molar-refractivity contribution is 14.1. The van der Waals surface area contributed by atoms with E-state index in [1.165, 1.54) is 0 Å². The van der Waals surface area contributed by atoms with Crippen molar-refractivity contribution in [2.75, 3.05) is 13.2 Å². The maximum atomic E-state index is 7.61. The fraction of sp³-hybridized carbons (Fsp3) is 1.00. The molecule has 0 aliphatic heterocycles. The number of hydrogen-bond donors (Lipinski definition) is 1. The molecule has 0 unspecified atom stereocenters. The molecule has 0 radical (unpaired) electrons. The second-order valence-corrected chi connectivity index (χ2v) is 1.27. The molecule has 0 amide bonds. The van der Waals surface area contributed by atoms with Gasteiger partial charge < -0.3 is 3.07 Å². The van der Waals surface area contributed by atoms with Crippen LogP contribution in [0.15, 0.2) is 0 Å². The van der Waals surface area contributed by atoms with Gasteiger partial charge in [0, 0.05) is 0 Å². The third kappa shape index (κ3) is 4.61. The summed E-state index contributed by atoms with van der Waals surface area (Å²) in [6.07, 6.45) is 0. The second-order valence-electron chi connectivity index (χ2n) is 0.646. The summed E-state index contributed by atoms with van der Waals surface area (Å²) in [5, 5.41) is 7.61. The Hall–Kier alpha value is 0.610. The lowest BCUT2D eigenvalue weighted by molar-refractivity contribution is -0.244. The molecule has 6 heavy (non-hydrogen) atoms. The summed E-state index contributed by atoms with van der Waals surface area (Å²) in [6, 6.07) is 0. The lowest BCUT2D eigenvalue weighted by Gasteiger charge is -1.87. The van der Waals surface area contributed by atoms with Crippen molar-refractivity contribution in [2.24, 2.45) is 0 Å². The van der Waals surface area contributed by atoms with Crippen molar-refractivity contribution in [3.05, 3.63) is 0 Å². The fourth-order valence-corrected chi connectivity index (χ4v) is 0.249. The van der Waals surface area contributed by atoms with Crippen LogP contribution in [-0.4, -0.2) is 18.5 Å². The summed E-state index contributed by atoms with van der Waals surface area (Å²) in [4.78, 5) is 3.65. The molecule has 0 bridgehead atoms. The van der Waals surface area contributed by atoms with Crippen LogP contribution in [0.25, 0.3) is 0 Å². The van der Waals surface area contributed by atoms with Gasteiger partial charge in [0.15, 0.2) is 0 Å². The van der Waals surface area contributed by atoms with Crippen LogP contribution in [0.3, 0.4) is 0 Å². The van der Waals surface area contributed by atoms with Gasteiger partial charge >= 0.3 is 0 Å². The van der Waals surface area contributed by atoms with Gasteiger partial charge in [0.1, 0.15) is 29.6 Å². The fourth-order valence-electron chi connectivity index (χ4n) is 0.0688. The van der Waals surface area contributed by atoms with Gasteiger partial charge in [-0.15, -0.1) is 0 Å². The molecule has 0 rings (SSSR count). The Morgan fingerprint density at radius 1 is 1.50 bits per heavy atom. The van der Waals surface area contributed by atoms with Crippen LogP contribution in [0.1, 0.15) is 0 Å². The molecule has 0 aliphatic carbocycles. The van der Waals surface area contributed by atoms with Crippen LogP contribution >= 0.6 is 23.0 Å². The lowest BCUT2D eigenvalue weighted by atomic mass is 10.8. The average Bonchev–Trinajstić information content (AvgIpc) is 1.61. The van der Waals surface area contributed by atoms with E-state index < -0.39 is 0 Å². The maximum Gasteiger partial charge on any atom is 0.109 e. The number of halogens is 1. The third-order valence-electron chi connectivity index (χ3n) is 0.252. The Bertz CT molecular complexity index is 20.8. The van der Waals surface area contributed by atoms with Crippen LogP contribution in [0.2, 0.25) is 0 Å². The van der Waals surface area contributed by atoms with E-state index >= 15 is 0 Å². The molecule has 0 saturated carbocycles. The van der Waals surface area contributed by atoms with Gasteiger partial charge in [-0.1, -0.05) is 0 Å². The summed E-state index contributed by atoms with van der Waals surface area (Å²) in [7, 11) is 0. The van der Waals surface area contributed by atoms with E-state index in [4.69, 9.17) is 5.26 Å². The minimum Gasteiger partial charge on any atom is -0.313 e. The minimum absolute atomic E-state index is 0.239. The van der Waals surface area contributed by atoms with Gasteiger partial charge in [-0.2, -0.15) is 0 Å². The van der Waals surface area contributed by atoms with Gasteiger partial charge in [-0.05, 0) is 0 Å². The normalized spacial score (nSPS) is 9.00. The molecule has 38 valence electrons. The number of rotatable bonds is 3. The largest absolute Gasteiger partial charge is 0.313 e. The van der Waals surface area contributed by atoms with Crippen molar-refractivity contribution in [3.63, 3.8) is 0 Å². The Labute approximate surface area is 49.9 Å². The summed E-state index contributed by atoms with van der Waals surface area (Å²) >= 11 is 1.72. The molecule has 0 aromatic carbocycles. The van der Waals surface area contributed by atoms with Gasteiger partial charge in [0.05, 0.1) is 6.61 Å². The van der Waals surface area contributed by atoms with Crippen molar-refractivity contribution in [1.82, 2.24) is 0 Å². The zero-order valence-electron chi connectivity index (χ0n) is 3.06. The SMILES string of the molecule is OOCCOI. The van der Waals surface area contributed by atoms with Crippen molar-refractivity contribution in [3.8, 4) is 0 Å². The van der Waals surface area contributed by atoms with E-state index in [9.17, 15) is 0 Å². The Morgan fingerprint density at radius 2 is 2.17 bits per heavy atom. The second kappa shape index (κ2) is 5.61. The molecule has 0 saturated heterocycles. The molecule has 0 spiro atoms. The molecular weight excluding hydrogens is 199 g/mol. The average molecular weight is 204 g/mol. The van der Waals surface area contributed by atoms with E-state index in [1.54, 1.807) is 23.0 Å². The van der Waals surface area contributed by atoms with Crippen LogP contribution in [-0.2, 0) is 7.95 Å². The highest BCUT2D eigenvalue weighted by atomic mass is 127. The maximum absolute atomic E-state index is 7.61. The summed E-state index contributed by atoms with van der Waals surface area (Å²) < 4.78 is 4.47. The van der Waals surface area contributed by atoms with E-state index in [0.717, 1.165) is 0 Å². The molecule has 0 atom stereocenters. The van der Waals surface area contributed by atoms with Gasteiger partial charge in [-0.25, -0.2) is 4.89 Å². The molecule has 4 heteroatoms. The molecular formula is C2H5IO3. The van der Waals surface area contributed by atoms with Gasteiger partial charge in [0.2, 0.25) is 0 Å². The first-order chi connectivity index (χ1) is 2.91. The zero-order valence-corrected chi connectivity index (χ0v) is 5.21. The third-order valence-corrected chi connectivity index (χ3v) is 0.692. The lowest BCUT2D eigenvalue weighted by Crippen LogP contribution is -1.93. The van der Waals surface area contributed by atoms with E-state index in [-0.39, 0.29) is 6.61 Å². The summed E-state index contributed by atoms with van der Waals surface area (Å²) in [6.45, 7) is 0.667. The topological polar surface area (TPSA) is 38.7 Å². The quantitative estimate of drug-likeness (QED) is 0.320. The van der Waals surface area contributed by atoms with Crippen LogP contribution in [0, 0.1) is 0 Å². The highest BCUT2D eigenvalue weighted by Gasteiger charge is 1.77. The molecule has 0 fully saturated rings. The first-order valence-corrected chi connectivity index (χ1v) is 2.30. The standard InChI is InChI=1S/C2H5IO3/c3-5-1-2-6-4/h4H,1-2H2. The van der Waals surface area contributed by atoms with Crippen molar-refractivity contribution >= 4 is 23.0 Å². The molecule has 0 aliphatic rings. The van der Waals surface area contributed by atoms with Crippen molar-refractivity contribution < 1.29 is 13.2 Å². The van der Waals surface area contributed by atoms with E-state index in [1.807, 2.05) is 0 Å². The predicted octanol–water partition coefficient (Wildman–Crippen LogP) is 0.843. The Balaban J connectivity index is 2.34. The van der Waals surface area contributed by atoms with Gasteiger partial charge in [0.25, 0.3) is 0 Å². The Morgan fingerprint density at radius 3 is 2.33 bits per heavy atom. The Kier molecular flexibility index (Phi) is 6.18. The first kappa shape index (κ1) is 6.61. The first-order valence-electron chi connectivity index (χ1n) is 1.41. The van der Waals surface area contributed by atoms with Crippen molar-refractivity contribution in [1.29, 1.82) is 0 Å². The summed E-state index contributed by atoms with van der Waals surface area (Å²) in [5.74, 6) is 0. The van der Waals surface area contributed by atoms with E-state index in [2.05, 4.69) is 7.95 Å². The smallest absolute Gasteiger partial charge is 0.109 e. The van der Waals surface area contributed by atoms with Crippen LogP contribution in [0.4, 0.5) is 0 Å². The zero-order chi connectivity index (χ0) is 4.83. The van der Waals surface area contributed by atoms with Crippen LogP contribution < -0.4 is 0 Å². The van der Waals surface area contributed by atoms with Crippen molar-refractivity contribution in [2.45, 2.75) is 0 Å². The predicted molar refractivity (Wildman–Crippen MR) is 28.6 cm³/mol. The molecule has 0 aromatic heterocycles. The highest BCUT2D eigenvalue weighted by Crippen LogP contribution is 1.81. The molecule has 0 aromatic rings. The molecule has 3 nitrogen and oxygen atoms in total. The minimum atomic E-state index is 0.239. The summed E-state index contributed by atoms with van der Waals surface area (Å²) in [5.41, 5.74) is 0.